The van der Waals surface area contributed by atoms with Crippen molar-refractivity contribution in [2.45, 2.75) is 13.8 Å². The molecule has 0 aliphatic carbocycles. The van der Waals surface area contributed by atoms with Crippen LogP contribution in [0, 0.1) is 13.8 Å². The molecular formula is C20H16O4. The van der Waals surface area contributed by atoms with Gasteiger partial charge in [0.1, 0.15) is 5.76 Å². The molecular weight excluding hydrogens is 304 g/mol. The molecule has 0 spiro atoms. The second kappa shape index (κ2) is 5.57. The van der Waals surface area contributed by atoms with Gasteiger partial charge in [-0.25, -0.2) is 4.79 Å². The van der Waals surface area contributed by atoms with Crippen LogP contribution in [0.25, 0.3) is 11.8 Å². The smallest absolute Gasteiger partial charge is 0.343 e. The fraction of sp³-hybridized carbons (Fsp3) is 0.150. The maximum atomic E-state index is 12.2. The Balaban J connectivity index is 1.70. The van der Waals surface area contributed by atoms with Crippen molar-refractivity contribution in [2.24, 2.45) is 0 Å². The molecule has 0 saturated heterocycles. The van der Waals surface area contributed by atoms with Crippen LogP contribution in [0.15, 0.2) is 48.0 Å². The zero-order valence-electron chi connectivity index (χ0n) is 13.5. The number of esters is 1. The summed E-state index contributed by atoms with van der Waals surface area (Å²) in [5, 5.41) is 0. The van der Waals surface area contributed by atoms with Crippen molar-refractivity contribution in [3.8, 4) is 11.5 Å². The van der Waals surface area contributed by atoms with E-state index in [1.807, 2.05) is 50.2 Å². The fourth-order valence-corrected chi connectivity index (χ4v) is 2.81. The highest BCUT2D eigenvalue weighted by Gasteiger charge is 2.23. The van der Waals surface area contributed by atoms with Gasteiger partial charge in [-0.05, 0) is 55.3 Å². The Labute approximate surface area is 140 Å². The number of rotatable bonds is 2. The first kappa shape index (κ1) is 14.6. The summed E-state index contributed by atoms with van der Waals surface area (Å²) in [6, 6.07) is 11.7. The third-order valence-electron chi connectivity index (χ3n) is 4.10. The summed E-state index contributed by atoms with van der Waals surface area (Å²) < 4.78 is 16.1. The molecule has 0 N–H and O–H groups in total. The molecule has 0 aromatic heterocycles. The molecule has 120 valence electrons. The van der Waals surface area contributed by atoms with E-state index in [4.69, 9.17) is 14.2 Å². The van der Waals surface area contributed by atoms with E-state index in [0.717, 1.165) is 28.0 Å². The van der Waals surface area contributed by atoms with Gasteiger partial charge >= 0.3 is 5.97 Å². The molecule has 0 fully saturated rings. The van der Waals surface area contributed by atoms with Crippen molar-refractivity contribution in [1.82, 2.24) is 0 Å². The Morgan fingerprint density at radius 2 is 1.83 bits per heavy atom. The molecule has 0 unspecified atom stereocenters. The third kappa shape index (κ3) is 2.56. The van der Waals surface area contributed by atoms with E-state index < -0.39 is 0 Å². The number of aryl methyl sites for hydroxylation is 2. The normalized spacial score (nSPS) is 17.2. The van der Waals surface area contributed by atoms with Gasteiger partial charge in [0.25, 0.3) is 0 Å². The van der Waals surface area contributed by atoms with Crippen LogP contribution in [-0.4, -0.2) is 12.8 Å². The van der Waals surface area contributed by atoms with Crippen molar-refractivity contribution in [3.63, 3.8) is 0 Å². The Morgan fingerprint density at radius 1 is 1.00 bits per heavy atom. The Kier molecular flexibility index (Phi) is 3.38. The lowest BCUT2D eigenvalue weighted by Crippen LogP contribution is -1.98. The molecule has 0 saturated carbocycles. The molecule has 2 aliphatic heterocycles. The number of benzene rings is 2. The summed E-state index contributed by atoms with van der Waals surface area (Å²) in [4.78, 5) is 12.2. The quantitative estimate of drug-likeness (QED) is 0.619. The molecule has 2 aliphatic rings. The first-order chi connectivity index (χ1) is 11.6. The van der Waals surface area contributed by atoms with Crippen LogP contribution in [0.2, 0.25) is 0 Å². The first-order valence-electron chi connectivity index (χ1n) is 7.73. The lowest BCUT2D eigenvalue weighted by molar-refractivity contribution is -0.130. The summed E-state index contributed by atoms with van der Waals surface area (Å²) in [6.45, 7) is 4.25. The minimum absolute atomic E-state index is 0.230. The topological polar surface area (TPSA) is 44.8 Å². The zero-order chi connectivity index (χ0) is 16.7. The fourth-order valence-electron chi connectivity index (χ4n) is 2.81. The number of cyclic esters (lactones) is 1. The monoisotopic (exact) mass is 320 g/mol. The van der Waals surface area contributed by atoms with Crippen LogP contribution in [-0.2, 0) is 9.53 Å². The predicted octanol–water partition coefficient (Wildman–Crippen LogP) is 4.01. The number of hydrogen-bond donors (Lipinski definition) is 0. The van der Waals surface area contributed by atoms with Gasteiger partial charge in [0.15, 0.2) is 11.5 Å². The molecule has 4 heteroatoms. The van der Waals surface area contributed by atoms with Gasteiger partial charge in [0.2, 0.25) is 6.79 Å². The highest BCUT2D eigenvalue weighted by molar-refractivity contribution is 6.05. The average molecular weight is 320 g/mol. The van der Waals surface area contributed by atoms with Gasteiger partial charge in [-0.15, -0.1) is 0 Å². The van der Waals surface area contributed by atoms with Crippen LogP contribution < -0.4 is 9.47 Å². The van der Waals surface area contributed by atoms with Crippen molar-refractivity contribution in [1.29, 1.82) is 0 Å². The van der Waals surface area contributed by atoms with Crippen molar-refractivity contribution in [2.75, 3.05) is 6.79 Å². The van der Waals surface area contributed by atoms with E-state index in [-0.39, 0.29) is 12.8 Å². The van der Waals surface area contributed by atoms with Crippen LogP contribution >= 0.6 is 0 Å². The van der Waals surface area contributed by atoms with E-state index in [0.29, 0.717) is 17.1 Å². The van der Waals surface area contributed by atoms with Gasteiger partial charge in [0.05, 0.1) is 5.57 Å². The molecule has 24 heavy (non-hydrogen) atoms. The Bertz CT molecular complexity index is 906. The van der Waals surface area contributed by atoms with Crippen LogP contribution in [0.5, 0.6) is 11.5 Å². The summed E-state index contributed by atoms with van der Waals surface area (Å²) in [5.41, 5.74) is 4.52. The zero-order valence-corrected chi connectivity index (χ0v) is 13.5. The van der Waals surface area contributed by atoms with Crippen LogP contribution in [0.1, 0.15) is 22.3 Å². The summed E-state index contributed by atoms with van der Waals surface area (Å²) in [6.07, 6.45) is 3.58. The minimum Gasteiger partial charge on any atom is -0.454 e. The molecule has 2 aromatic carbocycles. The lowest BCUT2D eigenvalue weighted by atomic mass is 10.0. The summed E-state index contributed by atoms with van der Waals surface area (Å²) in [5.74, 6) is 1.66. The maximum Gasteiger partial charge on any atom is 0.343 e. The summed E-state index contributed by atoms with van der Waals surface area (Å²) >= 11 is 0. The van der Waals surface area contributed by atoms with E-state index in [2.05, 4.69) is 0 Å². The second-order valence-corrected chi connectivity index (χ2v) is 5.93. The third-order valence-corrected chi connectivity index (χ3v) is 4.10. The second-order valence-electron chi connectivity index (χ2n) is 5.93. The SMILES string of the molecule is Cc1ccc(C)c(C2=C/C(=C\c3ccc4c(c3)OCO4)C(=O)O2)c1. The first-order valence-corrected chi connectivity index (χ1v) is 7.73. The maximum absolute atomic E-state index is 12.2. The number of hydrogen-bond acceptors (Lipinski definition) is 4. The van der Waals surface area contributed by atoms with E-state index in [9.17, 15) is 4.79 Å². The number of carbonyl (C=O) groups excluding carboxylic acids is 1. The summed E-state index contributed by atoms with van der Waals surface area (Å²) in [7, 11) is 0. The van der Waals surface area contributed by atoms with Crippen LogP contribution in [0.3, 0.4) is 0 Å². The Morgan fingerprint density at radius 3 is 2.71 bits per heavy atom. The number of carbonyl (C=O) groups is 1. The molecule has 4 rings (SSSR count). The van der Waals surface area contributed by atoms with E-state index >= 15 is 0 Å². The number of fused-ring (bicyclic) bond motifs is 1. The van der Waals surface area contributed by atoms with Gasteiger partial charge in [0, 0.05) is 5.56 Å². The van der Waals surface area contributed by atoms with Gasteiger partial charge in [-0.2, -0.15) is 0 Å². The minimum atomic E-state index is -0.344. The molecule has 0 radical (unpaired) electrons. The number of ether oxygens (including phenoxy) is 3. The van der Waals surface area contributed by atoms with Crippen molar-refractivity contribution < 1.29 is 19.0 Å². The largest absolute Gasteiger partial charge is 0.454 e. The molecule has 0 amide bonds. The molecule has 0 bridgehead atoms. The van der Waals surface area contributed by atoms with Crippen molar-refractivity contribution in [3.05, 3.63) is 70.3 Å². The Hall–Kier alpha value is -3.01. The van der Waals surface area contributed by atoms with Gasteiger partial charge < -0.3 is 14.2 Å². The van der Waals surface area contributed by atoms with Gasteiger partial charge in [-0.1, -0.05) is 23.8 Å². The van der Waals surface area contributed by atoms with Crippen molar-refractivity contribution >= 4 is 17.8 Å². The van der Waals surface area contributed by atoms with E-state index in [1.54, 1.807) is 12.2 Å². The standard InChI is InChI=1S/C20H16O4/c1-12-3-4-13(2)16(7-12)18-10-15(20(21)24-18)8-14-5-6-17-19(9-14)23-11-22-17/h3-10H,11H2,1-2H3/b15-8+. The van der Waals surface area contributed by atoms with E-state index in [1.165, 1.54) is 0 Å². The van der Waals surface area contributed by atoms with Crippen LogP contribution in [0.4, 0.5) is 0 Å². The molecule has 4 nitrogen and oxygen atoms in total. The molecule has 0 atom stereocenters. The predicted molar refractivity (Wildman–Crippen MR) is 90.5 cm³/mol. The highest BCUT2D eigenvalue weighted by atomic mass is 16.7. The average Bonchev–Trinajstić information content (AvgIpc) is 3.16. The van der Waals surface area contributed by atoms with Gasteiger partial charge in [-0.3, -0.25) is 0 Å². The molecule has 2 aromatic rings. The molecule has 2 heterocycles. The lowest BCUT2D eigenvalue weighted by Gasteiger charge is -2.06. The highest BCUT2D eigenvalue weighted by Crippen LogP contribution is 2.34.